The predicted octanol–water partition coefficient (Wildman–Crippen LogP) is 0.165. The minimum atomic E-state index is 0.376. The van der Waals surface area contributed by atoms with E-state index in [0.717, 1.165) is 25.4 Å². The van der Waals surface area contributed by atoms with Crippen LogP contribution >= 0.6 is 0 Å². The minimum absolute atomic E-state index is 0.376. The Bertz CT molecular complexity index is 167. The summed E-state index contributed by atoms with van der Waals surface area (Å²) in [5.74, 6) is 0.860. The topological polar surface area (TPSA) is 33.6 Å². The first-order valence-electron chi connectivity index (χ1n) is 3.78. The lowest BCUT2D eigenvalue weighted by Crippen LogP contribution is -2.41. The second-order valence-corrected chi connectivity index (χ2v) is 2.86. The average molecular weight is 140 g/mol. The van der Waals surface area contributed by atoms with Gasteiger partial charge >= 0.3 is 0 Å². The van der Waals surface area contributed by atoms with Crippen molar-refractivity contribution in [3.05, 3.63) is 0 Å². The molecule has 0 radical (unpaired) electrons. The summed E-state index contributed by atoms with van der Waals surface area (Å²) in [6.45, 7) is 3.99. The molecule has 0 saturated carbocycles. The number of hydrogen-bond acceptors (Lipinski definition) is 3. The number of piperidine rings is 1. The Morgan fingerprint density at radius 3 is 3.40 bits per heavy atom. The Kier molecular flexibility index (Phi) is 1.38. The number of rotatable bonds is 0. The highest BCUT2D eigenvalue weighted by Crippen LogP contribution is 2.18. The first kappa shape index (κ1) is 6.16. The van der Waals surface area contributed by atoms with E-state index in [4.69, 9.17) is 4.74 Å². The summed E-state index contributed by atoms with van der Waals surface area (Å²) >= 11 is 0. The molecule has 1 N–H and O–H groups in total. The molecule has 0 bridgehead atoms. The van der Waals surface area contributed by atoms with Crippen molar-refractivity contribution in [2.24, 2.45) is 4.99 Å². The number of nitrogens with zero attached hydrogens (tertiary/aromatic N) is 1. The molecule has 0 aromatic carbocycles. The molecule has 2 atom stereocenters. The van der Waals surface area contributed by atoms with E-state index in [1.54, 1.807) is 0 Å². The van der Waals surface area contributed by atoms with Crippen molar-refractivity contribution in [1.29, 1.82) is 0 Å². The van der Waals surface area contributed by atoms with Gasteiger partial charge in [-0.15, -0.1) is 0 Å². The molecule has 1 saturated heterocycles. The maximum absolute atomic E-state index is 5.48. The van der Waals surface area contributed by atoms with Gasteiger partial charge in [-0.3, -0.25) is 0 Å². The van der Waals surface area contributed by atoms with Crippen LogP contribution in [0.4, 0.5) is 0 Å². The molecule has 3 nitrogen and oxygen atoms in total. The molecule has 0 aromatic rings. The van der Waals surface area contributed by atoms with Gasteiger partial charge in [-0.05, 0) is 13.0 Å². The number of fused-ring (bicyclic) bond motifs is 1. The molecular formula is C7H12N2O. The van der Waals surface area contributed by atoms with Crippen LogP contribution in [0.2, 0.25) is 0 Å². The summed E-state index contributed by atoms with van der Waals surface area (Å²) in [6.07, 6.45) is 1.48. The quantitative estimate of drug-likeness (QED) is 0.520. The maximum Gasteiger partial charge on any atom is 0.180 e. The zero-order valence-electron chi connectivity index (χ0n) is 6.13. The monoisotopic (exact) mass is 140 g/mol. The number of hydrogen-bond donors (Lipinski definition) is 1. The third kappa shape index (κ3) is 0.904. The van der Waals surface area contributed by atoms with Gasteiger partial charge < -0.3 is 10.1 Å². The van der Waals surface area contributed by atoms with Crippen LogP contribution in [0.5, 0.6) is 0 Å². The fraction of sp³-hybridized carbons (Fsp3) is 0.857. The first-order valence-corrected chi connectivity index (χ1v) is 3.78. The van der Waals surface area contributed by atoms with Crippen molar-refractivity contribution >= 4 is 5.90 Å². The lowest BCUT2D eigenvalue weighted by molar-refractivity contribution is 0.159. The van der Waals surface area contributed by atoms with Crippen LogP contribution in [0.3, 0.4) is 0 Å². The van der Waals surface area contributed by atoms with E-state index in [-0.39, 0.29) is 0 Å². The van der Waals surface area contributed by atoms with Crippen LogP contribution in [-0.2, 0) is 4.74 Å². The Hall–Kier alpha value is -0.570. The Morgan fingerprint density at radius 1 is 1.70 bits per heavy atom. The fourth-order valence-electron chi connectivity index (χ4n) is 1.57. The number of ether oxygens (including phenoxy) is 1. The smallest absolute Gasteiger partial charge is 0.180 e. The highest BCUT2D eigenvalue weighted by molar-refractivity contribution is 5.75. The van der Waals surface area contributed by atoms with Crippen molar-refractivity contribution in [2.75, 3.05) is 13.1 Å². The largest absolute Gasteiger partial charge is 0.476 e. The summed E-state index contributed by atoms with van der Waals surface area (Å²) < 4.78 is 5.48. The predicted molar refractivity (Wildman–Crippen MR) is 39.3 cm³/mol. The van der Waals surface area contributed by atoms with Gasteiger partial charge in [-0.25, -0.2) is 4.99 Å². The highest BCUT2D eigenvalue weighted by atomic mass is 16.5. The zero-order chi connectivity index (χ0) is 6.97. The molecule has 0 amide bonds. The molecule has 2 rings (SSSR count). The SMILES string of the molecule is CC1=NC2CNCCC2O1. The van der Waals surface area contributed by atoms with E-state index in [1.165, 1.54) is 0 Å². The lowest BCUT2D eigenvalue weighted by atomic mass is 10.1. The summed E-state index contributed by atoms with van der Waals surface area (Å²) in [5, 5.41) is 3.29. The maximum atomic E-state index is 5.48. The van der Waals surface area contributed by atoms with Gasteiger partial charge in [0.25, 0.3) is 0 Å². The second-order valence-electron chi connectivity index (χ2n) is 2.86. The average Bonchev–Trinajstić information content (AvgIpc) is 2.27. The molecule has 0 aromatic heterocycles. The van der Waals surface area contributed by atoms with E-state index >= 15 is 0 Å². The van der Waals surface area contributed by atoms with Crippen molar-refractivity contribution < 1.29 is 4.74 Å². The molecular weight excluding hydrogens is 128 g/mol. The molecule has 10 heavy (non-hydrogen) atoms. The van der Waals surface area contributed by atoms with Gasteiger partial charge in [0.1, 0.15) is 12.1 Å². The van der Waals surface area contributed by atoms with Crippen molar-refractivity contribution in [2.45, 2.75) is 25.5 Å². The molecule has 2 aliphatic heterocycles. The molecule has 2 heterocycles. The van der Waals surface area contributed by atoms with Crippen LogP contribution in [0.25, 0.3) is 0 Å². The van der Waals surface area contributed by atoms with Gasteiger partial charge in [0.15, 0.2) is 5.90 Å². The highest BCUT2D eigenvalue weighted by Gasteiger charge is 2.30. The normalized spacial score (nSPS) is 38.3. The summed E-state index contributed by atoms with van der Waals surface area (Å²) in [7, 11) is 0. The second kappa shape index (κ2) is 2.23. The van der Waals surface area contributed by atoms with E-state index in [2.05, 4.69) is 10.3 Å². The van der Waals surface area contributed by atoms with Crippen LogP contribution < -0.4 is 5.32 Å². The molecule has 3 heteroatoms. The van der Waals surface area contributed by atoms with Gasteiger partial charge in [-0.2, -0.15) is 0 Å². The molecule has 0 aliphatic carbocycles. The van der Waals surface area contributed by atoms with E-state index in [1.807, 2.05) is 6.92 Å². The molecule has 56 valence electrons. The molecule has 1 fully saturated rings. The molecule has 0 spiro atoms. The van der Waals surface area contributed by atoms with Crippen molar-refractivity contribution in [1.82, 2.24) is 5.32 Å². The minimum Gasteiger partial charge on any atom is -0.476 e. The van der Waals surface area contributed by atoms with Crippen LogP contribution in [0, 0.1) is 0 Å². The van der Waals surface area contributed by atoms with Crippen molar-refractivity contribution in [3.63, 3.8) is 0 Å². The van der Waals surface area contributed by atoms with E-state index < -0.39 is 0 Å². The summed E-state index contributed by atoms with van der Waals surface area (Å²) in [4.78, 5) is 4.34. The summed E-state index contributed by atoms with van der Waals surface area (Å²) in [6, 6.07) is 0.397. The third-order valence-electron chi connectivity index (χ3n) is 2.06. The molecule has 2 unspecified atom stereocenters. The van der Waals surface area contributed by atoms with Crippen molar-refractivity contribution in [3.8, 4) is 0 Å². The Balaban J connectivity index is 2.06. The number of nitrogens with one attached hydrogen (secondary N) is 1. The number of aliphatic imine (C=N–C) groups is 1. The van der Waals surface area contributed by atoms with Crippen LogP contribution in [0.1, 0.15) is 13.3 Å². The third-order valence-corrected chi connectivity index (χ3v) is 2.06. The van der Waals surface area contributed by atoms with Gasteiger partial charge in [-0.1, -0.05) is 0 Å². The Morgan fingerprint density at radius 2 is 2.60 bits per heavy atom. The molecule has 2 aliphatic rings. The Labute approximate surface area is 60.5 Å². The zero-order valence-corrected chi connectivity index (χ0v) is 6.13. The van der Waals surface area contributed by atoms with Crippen LogP contribution in [0.15, 0.2) is 4.99 Å². The lowest BCUT2D eigenvalue weighted by Gasteiger charge is -2.22. The van der Waals surface area contributed by atoms with E-state index in [9.17, 15) is 0 Å². The van der Waals surface area contributed by atoms with Gasteiger partial charge in [0.2, 0.25) is 0 Å². The van der Waals surface area contributed by atoms with Gasteiger partial charge in [0.05, 0.1) is 0 Å². The summed E-state index contributed by atoms with van der Waals surface area (Å²) in [5.41, 5.74) is 0. The fourth-order valence-corrected chi connectivity index (χ4v) is 1.57. The first-order chi connectivity index (χ1) is 4.86. The van der Waals surface area contributed by atoms with E-state index in [0.29, 0.717) is 12.1 Å². The van der Waals surface area contributed by atoms with Gasteiger partial charge in [0, 0.05) is 13.5 Å². The van der Waals surface area contributed by atoms with Crippen LogP contribution in [-0.4, -0.2) is 31.1 Å². The standard InChI is InChI=1S/C7H12N2O/c1-5-9-6-4-8-3-2-7(6)10-5/h6-8H,2-4H2,1H3.